The number of aromatic nitrogens is 1. The number of carbonyl (C=O) groups is 3. The Bertz CT molecular complexity index is 2280. The summed E-state index contributed by atoms with van der Waals surface area (Å²) >= 11 is 0. The Labute approximate surface area is 350 Å². The lowest BCUT2D eigenvalue weighted by Crippen LogP contribution is -2.81. The number of methoxy groups -OCH3 is 3. The molecule has 60 heavy (non-hydrogen) atoms. The van der Waals surface area contributed by atoms with Gasteiger partial charge in [0.25, 0.3) is 0 Å². The fourth-order valence-electron chi connectivity index (χ4n) is 13.6. The number of fused-ring (bicyclic) bond motifs is 6. The highest BCUT2D eigenvalue weighted by molar-refractivity contribution is 5.95. The summed E-state index contributed by atoms with van der Waals surface area (Å²) in [5.41, 5.74) is -2.23. The van der Waals surface area contributed by atoms with Crippen molar-refractivity contribution in [3.05, 3.63) is 70.9 Å². The number of aliphatic hydroxyl groups excluding tert-OH is 1. The molecule has 2 saturated heterocycles. The van der Waals surface area contributed by atoms with Crippen LogP contribution >= 0.6 is 0 Å². The van der Waals surface area contributed by atoms with Gasteiger partial charge in [-0.15, -0.1) is 0 Å². The van der Waals surface area contributed by atoms with Crippen LogP contribution in [-0.2, 0) is 45.8 Å². The van der Waals surface area contributed by atoms with Crippen LogP contribution in [0.1, 0.15) is 68.3 Å². The minimum Gasteiger partial charge on any atom is -0.496 e. The first-order chi connectivity index (χ1) is 28.7. The molecule has 3 aromatic rings. The van der Waals surface area contributed by atoms with Crippen LogP contribution in [-0.4, -0.2) is 145 Å². The fourth-order valence-corrected chi connectivity index (χ4v) is 13.6. The molecule has 3 fully saturated rings. The fraction of sp³-hybridized carbons (Fsp3) is 0.587. The maximum absolute atomic E-state index is 15.3. The van der Waals surface area contributed by atoms with Crippen molar-refractivity contribution in [1.82, 2.24) is 14.8 Å². The summed E-state index contributed by atoms with van der Waals surface area (Å²) in [5.74, 6) is -1.79. The van der Waals surface area contributed by atoms with Crippen molar-refractivity contribution in [2.45, 2.75) is 92.6 Å². The minimum atomic E-state index is -2.32. The van der Waals surface area contributed by atoms with Crippen LogP contribution in [0.5, 0.6) is 5.75 Å². The van der Waals surface area contributed by atoms with Crippen molar-refractivity contribution in [3.8, 4) is 5.75 Å². The van der Waals surface area contributed by atoms with Crippen molar-refractivity contribution >= 4 is 34.5 Å². The van der Waals surface area contributed by atoms with Crippen LogP contribution < -0.4 is 9.64 Å². The number of hydrogen-bond donors (Lipinski definition) is 4. The van der Waals surface area contributed by atoms with E-state index < -0.39 is 57.5 Å². The predicted molar refractivity (Wildman–Crippen MR) is 222 cm³/mol. The lowest BCUT2D eigenvalue weighted by atomic mass is 9.47. The summed E-state index contributed by atoms with van der Waals surface area (Å²) in [6, 6.07) is 10.7. The summed E-state index contributed by atoms with van der Waals surface area (Å²) < 4.78 is 23.9. The van der Waals surface area contributed by atoms with E-state index in [9.17, 15) is 24.9 Å². The topological polar surface area (TPSA) is 174 Å². The van der Waals surface area contributed by atoms with Crippen molar-refractivity contribution in [3.63, 3.8) is 0 Å². The highest BCUT2D eigenvalue weighted by atomic mass is 16.6. The van der Waals surface area contributed by atoms with E-state index in [1.807, 2.05) is 55.3 Å². The number of nitrogens with one attached hydrogen (secondary N) is 1. The number of aliphatic hydroxyl groups is 3. The van der Waals surface area contributed by atoms with Crippen LogP contribution in [0.2, 0.25) is 0 Å². The van der Waals surface area contributed by atoms with Gasteiger partial charge in [-0.05, 0) is 67.8 Å². The molecule has 1 spiro atoms. The zero-order valence-electron chi connectivity index (χ0n) is 35.5. The SMILES string of the molecule is CC[C@]12C=CCN3CC[C@@]4(c5cc([C@@]6(C(=O)OC)C[C@@H]7CN(CCc8c6[nH]c6ccccc86)C[C@](O)(CCO)C7)c(OC)cc5N(C)[C@H]4[C@@](O)(C(=O)OC)[C@@H]1OC(C)=O)[C@@H]32. The molecule has 1 saturated carbocycles. The third-order valence-electron chi connectivity index (χ3n) is 15.5. The molecule has 0 radical (unpaired) electrons. The smallest absolute Gasteiger partial charge is 0.344 e. The normalized spacial score (nSPS) is 36.5. The molecular weight excluding hydrogens is 769 g/mol. The van der Waals surface area contributed by atoms with Crippen molar-refractivity contribution in [1.29, 1.82) is 0 Å². The molecule has 14 nitrogen and oxygen atoms in total. The molecule has 1 aliphatic carbocycles. The largest absolute Gasteiger partial charge is 0.496 e. The third kappa shape index (κ3) is 5.33. The summed E-state index contributed by atoms with van der Waals surface area (Å²) in [5, 5.41) is 36.4. The predicted octanol–water partition coefficient (Wildman–Crippen LogP) is 2.96. The van der Waals surface area contributed by atoms with E-state index in [4.69, 9.17) is 18.9 Å². The molecule has 6 heterocycles. The highest BCUT2D eigenvalue weighted by Crippen LogP contribution is 2.68. The van der Waals surface area contributed by atoms with Crippen LogP contribution in [0.15, 0.2) is 48.6 Å². The molecule has 5 aliphatic heterocycles. The maximum Gasteiger partial charge on any atom is 0.344 e. The Balaban J connectivity index is 1.36. The number of aromatic amines is 1. The first-order valence-corrected chi connectivity index (χ1v) is 21.3. The van der Waals surface area contributed by atoms with Crippen molar-refractivity contribution in [2.24, 2.45) is 11.3 Å². The van der Waals surface area contributed by atoms with E-state index in [1.54, 1.807) is 7.11 Å². The monoisotopic (exact) mass is 826 g/mol. The van der Waals surface area contributed by atoms with Gasteiger partial charge >= 0.3 is 17.9 Å². The molecule has 4 N–H and O–H groups in total. The van der Waals surface area contributed by atoms with E-state index in [2.05, 4.69) is 26.9 Å². The van der Waals surface area contributed by atoms with Gasteiger partial charge in [-0.2, -0.15) is 0 Å². The number of anilines is 1. The molecular formula is C46H58N4O10. The number of para-hydroxylation sites is 1. The van der Waals surface area contributed by atoms with Crippen molar-refractivity contribution < 1.29 is 48.7 Å². The van der Waals surface area contributed by atoms with E-state index in [0.29, 0.717) is 81.1 Å². The first-order valence-electron chi connectivity index (χ1n) is 21.3. The summed E-state index contributed by atoms with van der Waals surface area (Å²) in [6.45, 7) is 6.07. The molecule has 0 amide bonds. The zero-order valence-corrected chi connectivity index (χ0v) is 35.5. The number of rotatable bonds is 8. The molecule has 6 aliphatic rings. The van der Waals surface area contributed by atoms with Gasteiger partial charge in [-0.25, -0.2) is 4.79 Å². The van der Waals surface area contributed by atoms with E-state index >= 15 is 4.79 Å². The maximum atomic E-state index is 15.3. The average Bonchev–Trinajstić information content (AvgIpc) is 3.90. The third-order valence-corrected chi connectivity index (χ3v) is 15.5. The Kier molecular flexibility index (Phi) is 9.75. The van der Waals surface area contributed by atoms with Gasteiger partial charge in [0.1, 0.15) is 11.2 Å². The van der Waals surface area contributed by atoms with Crippen LogP contribution in [0.25, 0.3) is 10.9 Å². The van der Waals surface area contributed by atoms with Gasteiger partial charge in [-0.3, -0.25) is 19.4 Å². The lowest BCUT2D eigenvalue weighted by Gasteiger charge is -2.63. The second-order valence-electron chi connectivity index (χ2n) is 18.3. The number of H-pyrrole nitrogens is 1. The number of piperidine rings is 1. The lowest BCUT2D eigenvalue weighted by molar-refractivity contribution is -0.228. The molecule has 2 aromatic carbocycles. The van der Waals surface area contributed by atoms with Crippen molar-refractivity contribution in [2.75, 3.05) is 72.6 Å². The minimum absolute atomic E-state index is 0.166. The zero-order chi connectivity index (χ0) is 42.6. The Morgan fingerprint density at radius 1 is 0.983 bits per heavy atom. The summed E-state index contributed by atoms with van der Waals surface area (Å²) in [7, 11) is 6.07. The van der Waals surface area contributed by atoms with E-state index in [-0.39, 0.29) is 31.4 Å². The standard InChI is InChI=1S/C46H58N4O10/c1-7-43-14-10-17-50-19-15-44(37(43)50)31-21-32(35(57-4)22-34(31)48(3)38(44)46(56,41(54)59-6)39(43)60-27(2)52)45(40(53)58-5)24-28-23-42(55,16-20-51)26-49(25-28)18-13-30-29-11-8-9-12-33(29)47-36(30)45/h8-12,14,21-22,28,37-39,47,51,55-56H,7,13,15-20,23-26H2,1-6H3/t28-,37+,38-,39-,42+,43-,44-,45+,46+/m1/s1. The van der Waals surface area contributed by atoms with E-state index in [1.165, 1.54) is 21.1 Å². The molecule has 10 atom stereocenters. The van der Waals surface area contributed by atoms with Gasteiger partial charge in [0.05, 0.1) is 33.0 Å². The van der Waals surface area contributed by atoms with Crippen LogP contribution in [0.4, 0.5) is 5.69 Å². The Hall–Kier alpha value is -4.47. The Morgan fingerprint density at radius 3 is 2.45 bits per heavy atom. The van der Waals surface area contributed by atoms with Crippen LogP contribution in [0.3, 0.4) is 0 Å². The summed E-state index contributed by atoms with van der Waals surface area (Å²) in [4.78, 5) is 53.0. The number of hydrogen-bond acceptors (Lipinski definition) is 13. The Morgan fingerprint density at radius 2 is 1.75 bits per heavy atom. The number of likely N-dealkylation sites (N-methyl/N-ethyl adjacent to an activating group) is 1. The number of carbonyl (C=O) groups excluding carboxylic acids is 3. The van der Waals surface area contributed by atoms with Gasteiger partial charge in [0.15, 0.2) is 6.10 Å². The molecule has 14 heteroatoms. The number of nitrogens with zero attached hydrogens (tertiary/aromatic N) is 3. The van der Waals surface area contributed by atoms with Gasteiger partial charge < -0.3 is 44.2 Å². The number of benzene rings is 2. The second kappa shape index (κ2) is 14.3. The molecule has 322 valence electrons. The molecule has 2 bridgehead atoms. The van der Waals surface area contributed by atoms with Gasteiger partial charge in [0, 0.05) is 104 Å². The van der Waals surface area contributed by atoms with E-state index in [0.717, 1.165) is 22.0 Å². The quantitative estimate of drug-likeness (QED) is 0.149. The molecule has 9 rings (SSSR count). The van der Waals surface area contributed by atoms with Gasteiger partial charge in [-0.1, -0.05) is 37.3 Å². The number of ether oxygens (including phenoxy) is 4. The number of esters is 3. The second-order valence-corrected chi connectivity index (χ2v) is 18.3. The van der Waals surface area contributed by atoms with Gasteiger partial charge in [0.2, 0.25) is 5.60 Å². The molecule has 1 unspecified atom stereocenters. The average molecular weight is 827 g/mol. The van der Waals surface area contributed by atoms with Crippen LogP contribution in [0, 0.1) is 11.3 Å². The molecule has 1 aromatic heterocycles. The first kappa shape index (κ1) is 40.9. The highest BCUT2D eigenvalue weighted by Gasteiger charge is 2.80. The summed E-state index contributed by atoms with van der Waals surface area (Å²) in [6.07, 6.45) is 5.20.